The highest BCUT2D eigenvalue weighted by Gasteiger charge is 2.41. The first-order valence-electron chi connectivity index (χ1n) is 14.1. The Balaban J connectivity index is 1.61. The molecular formula is C36H22N4O4. The van der Waals surface area contributed by atoms with Gasteiger partial charge in [-0.15, -0.1) is 0 Å². The summed E-state index contributed by atoms with van der Waals surface area (Å²) in [7, 11) is 0. The van der Waals surface area contributed by atoms with Crippen molar-refractivity contribution in [2.75, 3.05) is 9.80 Å². The summed E-state index contributed by atoms with van der Waals surface area (Å²) in [6.07, 6.45) is 0. The van der Waals surface area contributed by atoms with Crippen LogP contribution < -0.4 is 9.80 Å². The number of nitro benzene ring substituents is 2. The zero-order chi connectivity index (χ0) is 29.9. The second-order valence-electron chi connectivity index (χ2n) is 10.6. The molecular weight excluding hydrogens is 552 g/mol. The molecule has 0 spiro atoms. The predicted molar refractivity (Wildman–Crippen MR) is 175 cm³/mol. The van der Waals surface area contributed by atoms with Gasteiger partial charge in [0, 0.05) is 22.5 Å². The largest absolute Gasteiger partial charge is 0.308 e. The molecule has 1 heterocycles. The summed E-state index contributed by atoms with van der Waals surface area (Å²) in [6.45, 7) is 0. The second-order valence-corrected chi connectivity index (χ2v) is 10.6. The van der Waals surface area contributed by atoms with E-state index < -0.39 is 9.85 Å². The molecule has 0 aliphatic carbocycles. The van der Waals surface area contributed by atoms with Crippen LogP contribution in [0.15, 0.2) is 133 Å². The van der Waals surface area contributed by atoms with Crippen molar-refractivity contribution in [1.82, 2.24) is 0 Å². The summed E-state index contributed by atoms with van der Waals surface area (Å²) < 4.78 is 0. The lowest BCUT2D eigenvalue weighted by molar-refractivity contribution is -0.391. The zero-order valence-corrected chi connectivity index (χ0v) is 23.1. The normalized spacial score (nSPS) is 12.4. The van der Waals surface area contributed by atoms with Gasteiger partial charge in [-0.3, -0.25) is 25.1 Å². The third kappa shape index (κ3) is 3.64. The van der Waals surface area contributed by atoms with Gasteiger partial charge in [-0.05, 0) is 46.5 Å². The van der Waals surface area contributed by atoms with Crippen molar-refractivity contribution in [2.45, 2.75) is 0 Å². The quantitative estimate of drug-likeness (QED) is 0.153. The minimum atomic E-state index is -0.528. The van der Waals surface area contributed by atoms with E-state index in [9.17, 15) is 20.2 Å². The molecule has 0 fully saturated rings. The smallest absolute Gasteiger partial charge is 0.305 e. The molecule has 1 aliphatic heterocycles. The van der Waals surface area contributed by atoms with Gasteiger partial charge in [0.2, 0.25) is 5.69 Å². The fourth-order valence-corrected chi connectivity index (χ4v) is 6.48. The molecule has 7 aromatic rings. The number of hydrogen-bond donors (Lipinski definition) is 0. The van der Waals surface area contributed by atoms with Crippen LogP contribution in [0, 0.1) is 20.2 Å². The molecule has 0 atom stereocenters. The summed E-state index contributed by atoms with van der Waals surface area (Å²) in [4.78, 5) is 28.5. The van der Waals surface area contributed by atoms with Crippen LogP contribution in [0.25, 0.3) is 32.3 Å². The van der Waals surface area contributed by atoms with Gasteiger partial charge in [0.05, 0.1) is 38.0 Å². The summed E-state index contributed by atoms with van der Waals surface area (Å²) >= 11 is 0. The maximum atomic E-state index is 12.9. The molecule has 8 rings (SSSR count). The van der Waals surface area contributed by atoms with Crippen LogP contribution in [0.4, 0.5) is 45.5 Å². The highest BCUT2D eigenvalue weighted by atomic mass is 16.6. The van der Waals surface area contributed by atoms with Crippen LogP contribution in [-0.4, -0.2) is 9.85 Å². The number of anilines is 6. The molecule has 0 bridgehead atoms. The fraction of sp³-hybridized carbons (Fsp3) is 0. The number of benzene rings is 7. The molecule has 0 N–H and O–H groups in total. The Hall–Kier alpha value is -6.28. The molecule has 7 aromatic carbocycles. The maximum Gasteiger partial charge on any atom is 0.308 e. The molecule has 0 amide bonds. The van der Waals surface area contributed by atoms with E-state index in [4.69, 9.17) is 0 Å². The van der Waals surface area contributed by atoms with Gasteiger partial charge in [0.25, 0.3) is 0 Å². The standard InChI is InChI=1S/C36H22N4O4/c41-39(42)32-22-25-12-6-9-17-29(25)35(40(43)44)36(32)38-30-20-18-23-10-4-7-15-27(23)33(30)37(26-13-2-1-3-14-26)34-28-16-8-5-11-24(28)19-21-31(34)38/h1-22H. The van der Waals surface area contributed by atoms with Crippen molar-refractivity contribution >= 4 is 77.8 Å². The molecule has 0 aromatic heterocycles. The van der Waals surface area contributed by atoms with Crippen molar-refractivity contribution in [3.8, 4) is 0 Å². The minimum absolute atomic E-state index is 0.0838. The van der Waals surface area contributed by atoms with Crippen LogP contribution in [-0.2, 0) is 0 Å². The molecule has 0 saturated heterocycles. The van der Waals surface area contributed by atoms with E-state index in [0.717, 1.165) is 38.6 Å². The lowest BCUT2D eigenvalue weighted by Gasteiger charge is -2.41. The summed E-state index contributed by atoms with van der Waals surface area (Å²) in [5, 5.41) is 30.2. The van der Waals surface area contributed by atoms with Crippen LogP contribution in [0.1, 0.15) is 0 Å². The van der Waals surface area contributed by atoms with Crippen LogP contribution in [0.3, 0.4) is 0 Å². The first-order chi connectivity index (χ1) is 21.5. The van der Waals surface area contributed by atoms with Gasteiger partial charge in [-0.1, -0.05) is 97.1 Å². The Kier molecular flexibility index (Phi) is 5.57. The second kappa shape index (κ2) is 9.64. The maximum absolute atomic E-state index is 12.9. The van der Waals surface area contributed by atoms with Gasteiger partial charge in [-0.25, -0.2) is 0 Å². The van der Waals surface area contributed by atoms with E-state index in [1.807, 2.05) is 103 Å². The number of nitrogens with zero attached hydrogens (tertiary/aromatic N) is 4. The Bertz CT molecular complexity index is 2230. The van der Waals surface area contributed by atoms with Crippen molar-refractivity contribution in [3.63, 3.8) is 0 Å². The Labute approximate surface area is 250 Å². The van der Waals surface area contributed by atoms with Gasteiger partial charge < -0.3 is 4.90 Å². The summed E-state index contributed by atoms with van der Waals surface area (Å²) in [5.41, 5.74) is 2.88. The van der Waals surface area contributed by atoms with Crippen LogP contribution >= 0.6 is 0 Å². The molecule has 0 unspecified atom stereocenters. The number of fused-ring (bicyclic) bond motifs is 7. The Morgan fingerprint density at radius 3 is 1.50 bits per heavy atom. The van der Waals surface area contributed by atoms with E-state index >= 15 is 0 Å². The highest BCUT2D eigenvalue weighted by molar-refractivity contribution is 6.19. The highest BCUT2D eigenvalue weighted by Crippen LogP contribution is 2.61. The van der Waals surface area contributed by atoms with E-state index in [-0.39, 0.29) is 17.1 Å². The molecule has 0 saturated carbocycles. The van der Waals surface area contributed by atoms with E-state index in [2.05, 4.69) is 4.90 Å². The number of para-hydroxylation sites is 1. The Morgan fingerprint density at radius 1 is 0.455 bits per heavy atom. The number of nitro groups is 2. The SMILES string of the molecule is O=[N+]([O-])c1cc2ccccc2c([N+](=O)[O-])c1N1c2ccc3ccccc3c2N(c2ccccc2)c2c1ccc1ccccc21. The van der Waals surface area contributed by atoms with Crippen molar-refractivity contribution in [2.24, 2.45) is 0 Å². The van der Waals surface area contributed by atoms with E-state index in [1.165, 1.54) is 6.07 Å². The van der Waals surface area contributed by atoms with Crippen molar-refractivity contribution in [3.05, 3.63) is 154 Å². The average Bonchev–Trinajstić information content (AvgIpc) is 3.06. The van der Waals surface area contributed by atoms with Gasteiger partial charge >= 0.3 is 11.4 Å². The van der Waals surface area contributed by atoms with E-state index in [0.29, 0.717) is 22.1 Å². The third-order valence-electron chi connectivity index (χ3n) is 8.28. The number of rotatable bonds is 4. The molecule has 8 nitrogen and oxygen atoms in total. The van der Waals surface area contributed by atoms with Crippen LogP contribution in [0.2, 0.25) is 0 Å². The fourth-order valence-electron chi connectivity index (χ4n) is 6.48. The van der Waals surface area contributed by atoms with Crippen molar-refractivity contribution < 1.29 is 9.85 Å². The molecule has 0 radical (unpaired) electrons. The first-order valence-corrected chi connectivity index (χ1v) is 14.1. The molecule has 1 aliphatic rings. The van der Waals surface area contributed by atoms with Crippen molar-refractivity contribution in [1.29, 1.82) is 0 Å². The lowest BCUT2D eigenvalue weighted by Crippen LogP contribution is -2.25. The summed E-state index contributed by atoms with van der Waals surface area (Å²) in [6, 6.07) is 41.7. The average molecular weight is 575 g/mol. The molecule has 8 heteroatoms. The van der Waals surface area contributed by atoms with Gasteiger partial charge in [0.1, 0.15) is 0 Å². The summed E-state index contributed by atoms with van der Waals surface area (Å²) in [5.74, 6) is 0. The zero-order valence-electron chi connectivity index (χ0n) is 23.1. The van der Waals surface area contributed by atoms with Gasteiger partial charge in [-0.2, -0.15) is 0 Å². The lowest BCUT2D eigenvalue weighted by atomic mass is 9.95. The predicted octanol–water partition coefficient (Wildman–Crippen LogP) is 10.2. The third-order valence-corrected chi connectivity index (χ3v) is 8.28. The first kappa shape index (κ1) is 25.4. The molecule has 44 heavy (non-hydrogen) atoms. The van der Waals surface area contributed by atoms with Gasteiger partial charge in [0.15, 0.2) is 0 Å². The van der Waals surface area contributed by atoms with E-state index in [1.54, 1.807) is 29.2 Å². The Morgan fingerprint density at radius 2 is 0.955 bits per heavy atom. The minimum Gasteiger partial charge on any atom is -0.305 e. The number of hydrogen-bond acceptors (Lipinski definition) is 6. The van der Waals surface area contributed by atoms with Crippen LogP contribution in [0.5, 0.6) is 0 Å². The topological polar surface area (TPSA) is 92.8 Å². The molecule has 210 valence electrons. The monoisotopic (exact) mass is 574 g/mol.